The minimum Gasteiger partial charge on any atom is -0.433 e. The van der Waals surface area contributed by atoms with E-state index in [1.165, 1.54) is 0 Å². The average molecular weight is 427 g/mol. The van der Waals surface area contributed by atoms with E-state index in [2.05, 4.69) is 32.0 Å². The summed E-state index contributed by atoms with van der Waals surface area (Å²) in [4.78, 5) is 31.9. The van der Waals surface area contributed by atoms with Crippen LogP contribution in [0, 0.1) is 0 Å². The zero-order valence-electron chi connectivity index (χ0n) is 16.5. The molecule has 0 saturated carbocycles. The molecule has 0 spiro atoms. The van der Waals surface area contributed by atoms with Crippen molar-refractivity contribution in [3.05, 3.63) is 40.6 Å². The molecule has 160 valence electrons. The van der Waals surface area contributed by atoms with Crippen molar-refractivity contribution < 1.29 is 19.4 Å². The van der Waals surface area contributed by atoms with Gasteiger partial charge in [-0.25, -0.2) is 14.7 Å². The fourth-order valence-electron chi connectivity index (χ4n) is 3.36. The SMILES string of the molecule is CCCCNC(=O)OCN1CC(OON)=C2N(Cc3ccc(Cl)nc3)CCN2C1. The number of halogens is 1. The third-order valence-electron chi connectivity index (χ3n) is 4.71. The molecular formula is C18H27ClN6O4. The standard InChI is InChI=1S/C18H27ClN6O4/c1-2-3-6-21-18(26)27-13-23-11-15(28-29-20)17-24(7-8-25(17)12-23)10-14-4-5-16(19)22-9-14/h4-5,9H,2-3,6-8,10-13,20H2,1H3,(H,21,26). The van der Waals surface area contributed by atoms with Gasteiger partial charge in [0.2, 0.25) is 0 Å². The van der Waals surface area contributed by atoms with Gasteiger partial charge in [0.05, 0.1) is 13.2 Å². The largest absolute Gasteiger partial charge is 0.433 e. The first-order chi connectivity index (χ1) is 14.1. The maximum atomic E-state index is 11.8. The predicted molar refractivity (Wildman–Crippen MR) is 106 cm³/mol. The lowest BCUT2D eigenvalue weighted by molar-refractivity contribution is -0.274. The van der Waals surface area contributed by atoms with Gasteiger partial charge in [0.15, 0.2) is 11.6 Å². The number of hydrogen-bond donors (Lipinski definition) is 2. The molecule has 3 N–H and O–H groups in total. The highest BCUT2D eigenvalue weighted by atomic mass is 35.5. The summed E-state index contributed by atoms with van der Waals surface area (Å²) in [5.41, 5.74) is 1.03. The number of nitrogens with one attached hydrogen (secondary N) is 1. The summed E-state index contributed by atoms with van der Waals surface area (Å²) in [6, 6.07) is 3.71. The molecule has 3 heterocycles. The van der Waals surface area contributed by atoms with Gasteiger partial charge in [-0.3, -0.25) is 0 Å². The van der Waals surface area contributed by atoms with Crippen LogP contribution in [0.15, 0.2) is 29.9 Å². The zero-order valence-corrected chi connectivity index (χ0v) is 17.2. The summed E-state index contributed by atoms with van der Waals surface area (Å²) in [5.74, 6) is 6.63. The van der Waals surface area contributed by atoms with Crippen LogP contribution in [-0.4, -0.2) is 65.4 Å². The van der Waals surface area contributed by atoms with Crippen LogP contribution in [0.2, 0.25) is 5.15 Å². The summed E-state index contributed by atoms with van der Waals surface area (Å²) in [6.45, 7) is 6.08. The maximum Gasteiger partial charge on any atom is 0.408 e. The van der Waals surface area contributed by atoms with Gasteiger partial charge in [-0.2, -0.15) is 5.90 Å². The smallest absolute Gasteiger partial charge is 0.408 e. The van der Waals surface area contributed by atoms with Crippen molar-refractivity contribution in [2.75, 3.05) is 39.6 Å². The van der Waals surface area contributed by atoms with Crippen LogP contribution in [0.1, 0.15) is 25.3 Å². The third kappa shape index (κ3) is 5.86. The van der Waals surface area contributed by atoms with E-state index in [1.54, 1.807) is 12.3 Å². The molecule has 0 atom stereocenters. The van der Waals surface area contributed by atoms with Crippen molar-refractivity contribution in [2.24, 2.45) is 5.90 Å². The molecule has 0 aliphatic carbocycles. The van der Waals surface area contributed by atoms with Gasteiger partial charge in [-0.15, -0.1) is 0 Å². The fourth-order valence-corrected chi connectivity index (χ4v) is 3.47. The number of ether oxygens (including phenoxy) is 1. The van der Waals surface area contributed by atoms with Crippen LogP contribution in [0.5, 0.6) is 0 Å². The first-order valence-electron chi connectivity index (χ1n) is 9.60. The first kappa shape index (κ1) is 21.4. The van der Waals surface area contributed by atoms with E-state index in [4.69, 9.17) is 27.1 Å². The Morgan fingerprint density at radius 1 is 1.38 bits per heavy atom. The number of aromatic nitrogens is 1. The van der Waals surface area contributed by atoms with Gasteiger partial charge in [0, 0.05) is 32.4 Å². The average Bonchev–Trinajstić information content (AvgIpc) is 3.11. The molecule has 3 rings (SSSR count). The van der Waals surface area contributed by atoms with E-state index in [9.17, 15) is 4.79 Å². The molecule has 1 fully saturated rings. The molecule has 0 radical (unpaired) electrons. The minimum atomic E-state index is -0.427. The first-order valence-corrected chi connectivity index (χ1v) is 9.98. The zero-order chi connectivity index (χ0) is 20.6. The van der Waals surface area contributed by atoms with E-state index < -0.39 is 6.09 Å². The van der Waals surface area contributed by atoms with Crippen molar-refractivity contribution in [2.45, 2.75) is 26.3 Å². The third-order valence-corrected chi connectivity index (χ3v) is 4.94. The molecule has 1 aromatic rings. The molecule has 1 saturated heterocycles. The highest BCUT2D eigenvalue weighted by Gasteiger charge is 2.35. The number of rotatable bonds is 9. The normalized spacial score (nSPS) is 16.8. The second kappa shape index (κ2) is 10.5. The summed E-state index contributed by atoms with van der Waals surface area (Å²) >= 11 is 5.87. The number of fused-ring (bicyclic) bond motifs is 1. The van der Waals surface area contributed by atoms with Gasteiger partial charge in [-0.1, -0.05) is 36.0 Å². The molecule has 10 nitrogen and oxygen atoms in total. The van der Waals surface area contributed by atoms with Gasteiger partial charge >= 0.3 is 6.09 Å². The molecule has 1 aromatic heterocycles. The van der Waals surface area contributed by atoms with E-state index >= 15 is 0 Å². The van der Waals surface area contributed by atoms with Crippen LogP contribution >= 0.6 is 11.6 Å². The van der Waals surface area contributed by atoms with Crippen molar-refractivity contribution in [3.63, 3.8) is 0 Å². The molecule has 0 bridgehead atoms. The van der Waals surface area contributed by atoms with Crippen molar-refractivity contribution in [1.82, 2.24) is 25.0 Å². The second-order valence-corrected chi connectivity index (χ2v) is 7.30. The van der Waals surface area contributed by atoms with Crippen molar-refractivity contribution in [1.29, 1.82) is 0 Å². The lowest BCUT2D eigenvalue weighted by Crippen LogP contribution is -2.45. The molecular weight excluding hydrogens is 400 g/mol. The van der Waals surface area contributed by atoms with Crippen molar-refractivity contribution >= 4 is 17.7 Å². The number of unbranched alkanes of at least 4 members (excludes halogenated alkanes) is 1. The summed E-state index contributed by atoms with van der Waals surface area (Å²) < 4.78 is 5.30. The molecule has 29 heavy (non-hydrogen) atoms. The number of amides is 1. The van der Waals surface area contributed by atoms with Crippen LogP contribution in [-0.2, 0) is 21.2 Å². The Kier molecular flexibility index (Phi) is 7.76. The van der Waals surface area contributed by atoms with Gasteiger partial charge in [0.25, 0.3) is 0 Å². The number of pyridine rings is 1. The van der Waals surface area contributed by atoms with Gasteiger partial charge < -0.3 is 24.7 Å². The molecule has 0 unspecified atom stereocenters. The Hall–Kier alpha value is -2.27. The summed E-state index contributed by atoms with van der Waals surface area (Å²) in [7, 11) is 0. The highest BCUT2D eigenvalue weighted by molar-refractivity contribution is 6.29. The van der Waals surface area contributed by atoms with E-state index in [-0.39, 0.29) is 6.73 Å². The topological polar surface area (TPSA) is 105 Å². The van der Waals surface area contributed by atoms with Crippen molar-refractivity contribution in [3.8, 4) is 0 Å². The highest BCUT2D eigenvalue weighted by Crippen LogP contribution is 2.29. The molecule has 2 aliphatic heterocycles. The number of nitrogens with two attached hydrogens (primary N) is 1. The van der Waals surface area contributed by atoms with Crippen LogP contribution in [0.4, 0.5) is 4.79 Å². The summed E-state index contributed by atoms with van der Waals surface area (Å²) in [6.07, 6.45) is 3.26. The Labute approximate surface area is 175 Å². The number of carbonyl (C=O) groups excluding carboxylic acids is 1. The second-order valence-electron chi connectivity index (χ2n) is 6.91. The Morgan fingerprint density at radius 2 is 2.24 bits per heavy atom. The van der Waals surface area contributed by atoms with Gasteiger partial charge in [-0.05, 0) is 18.1 Å². The predicted octanol–water partition coefficient (Wildman–Crippen LogP) is 1.60. The van der Waals surface area contributed by atoms with E-state index in [1.807, 2.05) is 11.0 Å². The monoisotopic (exact) mass is 426 g/mol. The Morgan fingerprint density at radius 3 is 2.97 bits per heavy atom. The van der Waals surface area contributed by atoms with Crippen LogP contribution < -0.4 is 11.2 Å². The Bertz CT molecular complexity index is 717. The van der Waals surface area contributed by atoms with Crippen LogP contribution in [0.25, 0.3) is 0 Å². The fraction of sp³-hybridized carbons (Fsp3) is 0.556. The van der Waals surface area contributed by atoms with E-state index in [0.29, 0.717) is 37.2 Å². The van der Waals surface area contributed by atoms with E-state index in [0.717, 1.165) is 37.3 Å². The molecule has 0 aromatic carbocycles. The number of hydrogen-bond acceptors (Lipinski definition) is 9. The van der Waals surface area contributed by atoms with Gasteiger partial charge in [0.1, 0.15) is 11.9 Å². The quantitative estimate of drug-likeness (QED) is 0.263. The summed E-state index contributed by atoms with van der Waals surface area (Å²) in [5, 5.41) is 3.19. The molecule has 2 aliphatic rings. The molecule has 1 amide bonds. The number of carbonyl (C=O) groups is 1. The lowest BCUT2D eigenvalue weighted by Gasteiger charge is -2.36. The maximum absolute atomic E-state index is 11.8. The minimum absolute atomic E-state index is 0.139. The molecule has 11 heteroatoms. The van der Waals surface area contributed by atoms with Crippen LogP contribution in [0.3, 0.4) is 0 Å². The lowest BCUT2D eigenvalue weighted by atomic mass is 10.2. The number of nitrogens with zero attached hydrogens (tertiary/aromatic N) is 4. The number of alkyl carbamates (subject to hydrolysis) is 1. The Balaban J connectivity index is 1.61.